The van der Waals surface area contributed by atoms with E-state index in [4.69, 9.17) is 9.15 Å². The third-order valence-corrected chi connectivity index (χ3v) is 4.46. The molecule has 2 nitrogen and oxygen atoms in total. The Hall–Kier alpha value is -1.22. The molecule has 0 saturated carbocycles. The molecule has 3 rings (SSSR count). The third kappa shape index (κ3) is 2.32. The molecule has 0 radical (unpaired) electrons. The van der Waals surface area contributed by atoms with Crippen molar-refractivity contribution >= 4 is 15.9 Å². The van der Waals surface area contributed by atoms with Crippen LogP contribution in [0.25, 0.3) is 0 Å². The number of halogens is 1. The Labute approximate surface area is 121 Å². The number of benzene rings is 1. The molecule has 2 heterocycles. The van der Waals surface area contributed by atoms with E-state index in [0.717, 1.165) is 17.9 Å². The van der Waals surface area contributed by atoms with Crippen LogP contribution in [0.3, 0.4) is 0 Å². The average molecular weight is 321 g/mol. The van der Waals surface area contributed by atoms with Gasteiger partial charge < -0.3 is 9.15 Å². The van der Waals surface area contributed by atoms with Crippen LogP contribution in [0.4, 0.5) is 0 Å². The fourth-order valence-corrected chi connectivity index (χ4v) is 3.34. The molecule has 1 unspecified atom stereocenters. The van der Waals surface area contributed by atoms with E-state index in [2.05, 4.69) is 54.9 Å². The van der Waals surface area contributed by atoms with Crippen molar-refractivity contribution in [1.29, 1.82) is 0 Å². The summed E-state index contributed by atoms with van der Waals surface area (Å²) in [6.45, 7) is 6.30. The Kier molecular flexibility index (Phi) is 2.97. The molecule has 3 heteroatoms. The molecule has 0 N–H and O–H groups in total. The van der Waals surface area contributed by atoms with Crippen LogP contribution in [-0.2, 0) is 6.42 Å². The number of fused-ring (bicyclic) bond motifs is 1. The molecule has 100 valence electrons. The van der Waals surface area contributed by atoms with Crippen LogP contribution in [-0.4, -0.2) is 5.60 Å². The van der Waals surface area contributed by atoms with Crippen molar-refractivity contribution in [3.05, 3.63) is 53.0 Å². The summed E-state index contributed by atoms with van der Waals surface area (Å²) in [4.78, 5) is 0.0940. The number of aryl methyl sites for hydroxylation is 1. The first-order valence-corrected chi connectivity index (χ1v) is 7.38. The maximum Gasteiger partial charge on any atom is 0.124 e. The van der Waals surface area contributed by atoms with Gasteiger partial charge in [-0.2, -0.15) is 0 Å². The maximum absolute atomic E-state index is 5.90. The second kappa shape index (κ2) is 4.41. The Balaban J connectivity index is 1.94. The number of rotatable bonds is 2. The van der Waals surface area contributed by atoms with Crippen LogP contribution >= 0.6 is 15.9 Å². The zero-order valence-electron chi connectivity index (χ0n) is 11.4. The molecule has 1 aliphatic heterocycles. The second-order valence-electron chi connectivity index (χ2n) is 5.74. The van der Waals surface area contributed by atoms with Crippen LogP contribution in [0.2, 0.25) is 0 Å². The lowest BCUT2D eigenvalue weighted by Crippen LogP contribution is -2.24. The zero-order chi connectivity index (χ0) is 13.6. The quantitative estimate of drug-likeness (QED) is 0.742. The van der Waals surface area contributed by atoms with Gasteiger partial charge in [-0.15, -0.1) is 0 Å². The van der Waals surface area contributed by atoms with Crippen molar-refractivity contribution in [2.75, 3.05) is 0 Å². The molecule has 0 aliphatic carbocycles. The molecule has 0 fully saturated rings. The van der Waals surface area contributed by atoms with E-state index in [9.17, 15) is 0 Å². The number of hydrogen-bond donors (Lipinski definition) is 0. The molecular weight excluding hydrogens is 304 g/mol. The van der Waals surface area contributed by atoms with Gasteiger partial charge in [0.25, 0.3) is 0 Å². The Morgan fingerprint density at radius 2 is 2.05 bits per heavy atom. The maximum atomic E-state index is 5.90. The minimum Gasteiger partial charge on any atom is -0.487 e. The summed E-state index contributed by atoms with van der Waals surface area (Å²) in [5, 5.41) is 0. The van der Waals surface area contributed by atoms with Gasteiger partial charge in [0.2, 0.25) is 0 Å². The lowest BCUT2D eigenvalue weighted by molar-refractivity contribution is 0.138. The average Bonchev–Trinajstić information content (AvgIpc) is 2.88. The zero-order valence-corrected chi connectivity index (χ0v) is 13.0. The fourth-order valence-electron chi connectivity index (χ4n) is 2.58. The van der Waals surface area contributed by atoms with E-state index in [1.54, 1.807) is 6.26 Å². The molecule has 19 heavy (non-hydrogen) atoms. The third-order valence-electron chi connectivity index (χ3n) is 3.51. The fraction of sp³-hybridized carbons (Fsp3) is 0.375. The summed E-state index contributed by atoms with van der Waals surface area (Å²) in [7, 11) is 0. The normalized spacial score (nSPS) is 17.9. The van der Waals surface area contributed by atoms with Gasteiger partial charge in [0.1, 0.15) is 17.1 Å². The highest BCUT2D eigenvalue weighted by molar-refractivity contribution is 9.09. The lowest BCUT2D eigenvalue weighted by Gasteiger charge is -2.16. The number of furan rings is 1. The minimum absolute atomic E-state index is 0.0939. The van der Waals surface area contributed by atoms with Crippen LogP contribution in [0.1, 0.15) is 41.1 Å². The number of ether oxygens (including phenoxy) is 1. The predicted octanol–water partition coefficient (Wildman–Crippen LogP) is 4.79. The van der Waals surface area contributed by atoms with Crippen LogP contribution in [0.15, 0.2) is 34.9 Å². The van der Waals surface area contributed by atoms with E-state index in [1.807, 2.05) is 6.07 Å². The standard InChI is InChI=1S/C16H17BrO2/c1-10-6-7-18-15(10)14(17)11-4-5-13-12(8-11)9-16(2,3)19-13/h4-8,14H,9H2,1-3H3. The van der Waals surface area contributed by atoms with Gasteiger partial charge in [-0.1, -0.05) is 28.1 Å². The summed E-state index contributed by atoms with van der Waals surface area (Å²) in [5.74, 6) is 1.97. The van der Waals surface area contributed by atoms with Crippen molar-refractivity contribution in [3.63, 3.8) is 0 Å². The van der Waals surface area contributed by atoms with Crippen LogP contribution in [0, 0.1) is 6.92 Å². The first-order valence-electron chi connectivity index (χ1n) is 6.46. The molecule has 2 aromatic rings. The lowest BCUT2D eigenvalue weighted by atomic mass is 9.98. The number of hydrogen-bond acceptors (Lipinski definition) is 2. The molecule has 0 saturated heterocycles. The van der Waals surface area contributed by atoms with Crippen molar-refractivity contribution in [3.8, 4) is 5.75 Å². The molecule has 1 aromatic heterocycles. The largest absolute Gasteiger partial charge is 0.487 e. The monoisotopic (exact) mass is 320 g/mol. The van der Waals surface area contributed by atoms with Crippen molar-refractivity contribution in [1.82, 2.24) is 0 Å². The van der Waals surface area contributed by atoms with Crippen LogP contribution in [0.5, 0.6) is 5.75 Å². The van der Waals surface area contributed by atoms with E-state index in [1.165, 1.54) is 16.7 Å². The molecular formula is C16H17BrO2. The topological polar surface area (TPSA) is 22.4 Å². The van der Waals surface area contributed by atoms with Gasteiger partial charge in [0, 0.05) is 6.42 Å². The van der Waals surface area contributed by atoms with Gasteiger partial charge in [-0.05, 0) is 49.6 Å². The van der Waals surface area contributed by atoms with Gasteiger partial charge in [-0.3, -0.25) is 0 Å². The van der Waals surface area contributed by atoms with Crippen molar-refractivity contribution < 1.29 is 9.15 Å². The summed E-state index contributed by atoms with van der Waals surface area (Å²) < 4.78 is 11.5. The summed E-state index contributed by atoms with van der Waals surface area (Å²) in [6, 6.07) is 8.36. The Bertz CT molecular complexity index is 613. The minimum atomic E-state index is -0.0939. The van der Waals surface area contributed by atoms with Gasteiger partial charge in [0.15, 0.2) is 0 Å². The van der Waals surface area contributed by atoms with E-state index < -0.39 is 0 Å². The van der Waals surface area contributed by atoms with Gasteiger partial charge in [0.05, 0.1) is 11.1 Å². The van der Waals surface area contributed by atoms with E-state index in [-0.39, 0.29) is 10.4 Å². The van der Waals surface area contributed by atoms with Crippen molar-refractivity contribution in [2.45, 2.75) is 37.6 Å². The second-order valence-corrected chi connectivity index (χ2v) is 6.65. The van der Waals surface area contributed by atoms with Gasteiger partial charge in [-0.25, -0.2) is 0 Å². The molecule has 1 aromatic carbocycles. The SMILES string of the molecule is Cc1ccoc1C(Br)c1ccc2c(c1)CC(C)(C)O2. The Morgan fingerprint density at radius 1 is 1.26 bits per heavy atom. The molecule has 0 spiro atoms. The van der Waals surface area contributed by atoms with E-state index in [0.29, 0.717) is 0 Å². The number of alkyl halides is 1. The molecule has 0 bridgehead atoms. The summed E-state index contributed by atoms with van der Waals surface area (Å²) in [6.07, 6.45) is 2.69. The highest BCUT2D eigenvalue weighted by Crippen LogP contribution is 2.39. The first-order chi connectivity index (χ1) is 8.96. The molecule has 0 amide bonds. The smallest absolute Gasteiger partial charge is 0.124 e. The van der Waals surface area contributed by atoms with E-state index >= 15 is 0 Å². The summed E-state index contributed by atoms with van der Waals surface area (Å²) in [5.41, 5.74) is 3.55. The van der Waals surface area contributed by atoms with Crippen molar-refractivity contribution in [2.24, 2.45) is 0 Å². The summed E-state index contributed by atoms with van der Waals surface area (Å²) >= 11 is 3.73. The highest BCUT2D eigenvalue weighted by atomic mass is 79.9. The predicted molar refractivity (Wildman–Crippen MR) is 79.1 cm³/mol. The van der Waals surface area contributed by atoms with Crippen LogP contribution < -0.4 is 4.74 Å². The van der Waals surface area contributed by atoms with Gasteiger partial charge >= 0.3 is 0 Å². The Morgan fingerprint density at radius 3 is 2.74 bits per heavy atom. The molecule has 1 atom stereocenters. The highest BCUT2D eigenvalue weighted by Gasteiger charge is 2.30. The first kappa shape index (κ1) is 12.8. The molecule has 1 aliphatic rings.